The summed E-state index contributed by atoms with van der Waals surface area (Å²) in [6.07, 6.45) is 0.210. The molecule has 7 nitrogen and oxygen atoms in total. The normalized spacial score (nSPS) is 11.7. The van der Waals surface area contributed by atoms with Crippen molar-refractivity contribution in [3.63, 3.8) is 0 Å². The summed E-state index contributed by atoms with van der Waals surface area (Å²) in [6.45, 7) is -0.709. The highest BCUT2D eigenvalue weighted by molar-refractivity contribution is 14.1. The number of carboxylic acids is 1. The predicted octanol–water partition coefficient (Wildman–Crippen LogP) is 3.50. The van der Waals surface area contributed by atoms with Gasteiger partial charge in [-0.1, -0.05) is 0 Å². The van der Waals surface area contributed by atoms with Crippen LogP contribution in [-0.2, 0) is 20.7 Å². The molecular weight excluding hydrogens is 695 g/mol. The maximum absolute atomic E-state index is 11.7. The molecule has 144 valence electrons. The number of carbonyl (C=O) groups excluding carboxylic acids is 1. The Morgan fingerprint density at radius 2 is 1.70 bits per heavy atom. The van der Waals surface area contributed by atoms with Gasteiger partial charge >= 0.3 is 11.9 Å². The lowest BCUT2D eigenvalue weighted by Crippen LogP contribution is -2.35. The van der Waals surface area contributed by atoms with Crippen LogP contribution in [0.4, 0.5) is 0 Å². The number of rotatable bonds is 7. The van der Waals surface area contributed by atoms with Crippen molar-refractivity contribution < 1.29 is 29.3 Å². The van der Waals surface area contributed by atoms with Crippen LogP contribution >= 0.6 is 67.8 Å². The molecule has 0 aliphatic rings. The van der Waals surface area contributed by atoms with Crippen LogP contribution in [0.3, 0.4) is 0 Å². The summed E-state index contributed by atoms with van der Waals surface area (Å²) in [5, 5.41) is 18.1. The van der Waals surface area contributed by atoms with Gasteiger partial charge in [-0.15, -0.1) is 0 Å². The number of hydrogen-bond donors (Lipinski definition) is 3. The van der Waals surface area contributed by atoms with E-state index in [1.165, 1.54) is 0 Å². The Balaban J connectivity index is 2.12. The smallest absolute Gasteiger partial charge is 0.341 e. The molecule has 0 aliphatic carbocycles. The monoisotopic (exact) mass is 709 g/mol. The van der Waals surface area contributed by atoms with Crippen LogP contribution < -0.4 is 10.5 Å². The molecule has 0 saturated heterocycles. The number of hydrogen-bond acceptors (Lipinski definition) is 6. The van der Waals surface area contributed by atoms with Crippen LogP contribution in [0.1, 0.15) is 5.56 Å². The Labute approximate surface area is 196 Å². The van der Waals surface area contributed by atoms with Crippen LogP contribution in [-0.4, -0.2) is 34.8 Å². The minimum absolute atomic E-state index is 0.187. The van der Waals surface area contributed by atoms with E-state index in [9.17, 15) is 14.7 Å². The summed E-state index contributed by atoms with van der Waals surface area (Å²) < 4.78 is 12.9. The maximum atomic E-state index is 11.7. The zero-order valence-corrected chi connectivity index (χ0v) is 20.1. The van der Waals surface area contributed by atoms with Gasteiger partial charge in [0.2, 0.25) is 0 Å². The predicted molar refractivity (Wildman–Crippen MR) is 123 cm³/mol. The van der Waals surface area contributed by atoms with E-state index in [0.717, 1.165) is 12.7 Å². The van der Waals surface area contributed by atoms with Crippen molar-refractivity contribution in [3.05, 3.63) is 46.6 Å². The van der Waals surface area contributed by atoms with E-state index < -0.39 is 24.6 Å². The van der Waals surface area contributed by atoms with Gasteiger partial charge in [0.15, 0.2) is 12.4 Å². The van der Waals surface area contributed by atoms with E-state index in [0.29, 0.717) is 15.1 Å². The third kappa shape index (κ3) is 6.60. The first kappa shape index (κ1) is 22.4. The Morgan fingerprint density at radius 3 is 2.26 bits per heavy atom. The van der Waals surface area contributed by atoms with E-state index >= 15 is 0 Å². The highest BCUT2D eigenvalue weighted by Gasteiger charge is 2.19. The number of aliphatic carboxylic acids is 1. The zero-order chi connectivity index (χ0) is 20.1. The molecule has 10 heteroatoms. The number of esters is 1. The number of phenols is 1. The second kappa shape index (κ2) is 10.1. The first-order valence-electron chi connectivity index (χ1n) is 7.45. The number of benzene rings is 2. The highest BCUT2D eigenvalue weighted by Crippen LogP contribution is 2.34. The van der Waals surface area contributed by atoms with Crippen molar-refractivity contribution in [3.8, 4) is 17.2 Å². The zero-order valence-electron chi connectivity index (χ0n) is 13.6. The molecule has 2 aromatic carbocycles. The average molecular weight is 709 g/mol. The number of aromatic hydroxyl groups is 1. The van der Waals surface area contributed by atoms with Crippen molar-refractivity contribution in [2.45, 2.75) is 12.5 Å². The van der Waals surface area contributed by atoms with Gasteiger partial charge in [0.1, 0.15) is 17.5 Å². The van der Waals surface area contributed by atoms with Crippen molar-refractivity contribution in [1.82, 2.24) is 0 Å². The minimum atomic E-state index is -1.23. The van der Waals surface area contributed by atoms with Crippen LogP contribution in [0.2, 0.25) is 0 Å². The van der Waals surface area contributed by atoms with E-state index in [4.69, 9.17) is 15.6 Å². The lowest BCUT2D eigenvalue weighted by Gasteiger charge is -2.14. The molecule has 0 aliphatic heterocycles. The van der Waals surface area contributed by atoms with Gasteiger partial charge in [0, 0.05) is 0 Å². The lowest BCUT2D eigenvalue weighted by atomic mass is 10.1. The number of carbonyl (C=O) groups is 2. The molecule has 0 amide bonds. The quantitative estimate of drug-likeness (QED) is 0.298. The molecule has 2 aromatic rings. The second-order valence-electron chi connectivity index (χ2n) is 5.42. The first-order chi connectivity index (χ1) is 12.7. The second-order valence-corrected chi connectivity index (χ2v) is 8.90. The van der Waals surface area contributed by atoms with E-state index in [2.05, 4.69) is 49.9 Å². The lowest BCUT2D eigenvalue weighted by molar-refractivity contribution is -0.156. The summed E-state index contributed by atoms with van der Waals surface area (Å²) in [5.41, 5.74) is 6.60. The fourth-order valence-corrected chi connectivity index (χ4v) is 4.68. The fourth-order valence-electron chi connectivity index (χ4n) is 2.07. The molecule has 2 rings (SSSR count). The van der Waals surface area contributed by atoms with Gasteiger partial charge in [-0.05, 0) is 110 Å². The Kier molecular flexibility index (Phi) is 8.36. The first-order valence-corrected chi connectivity index (χ1v) is 10.7. The summed E-state index contributed by atoms with van der Waals surface area (Å²) in [7, 11) is 0. The third-order valence-corrected chi connectivity index (χ3v) is 5.76. The van der Waals surface area contributed by atoms with E-state index in [1.807, 2.05) is 34.7 Å². The Hall–Kier alpha value is -0.870. The molecule has 0 saturated carbocycles. The molecule has 1 atom stereocenters. The van der Waals surface area contributed by atoms with E-state index in [-0.39, 0.29) is 12.2 Å². The summed E-state index contributed by atoms with van der Waals surface area (Å²) in [6, 6.07) is 7.69. The number of phenolic OH excluding ortho intramolecular Hbond substituents is 1. The van der Waals surface area contributed by atoms with Crippen molar-refractivity contribution in [1.29, 1.82) is 0 Å². The molecule has 0 spiro atoms. The third-order valence-electron chi connectivity index (χ3n) is 3.29. The molecule has 4 N–H and O–H groups in total. The number of nitrogens with two attached hydrogens (primary N) is 1. The van der Waals surface area contributed by atoms with Gasteiger partial charge in [-0.3, -0.25) is 4.79 Å². The van der Waals surface area contributed by atoms with Crippen LogP contribution in [0, 0.1) is 10.7 Å². The topological polar surface area (TPSA) is 119 Å². The van der Waals surface area contributed by atoms with Crippen molar-refractivity contribution in [2.75, 3.05) is 6.61 Å². The highest BCUT2D eigenvalue weighted by atomic mass is 127. The Morgan fingerprint density at radius 1 is 1.07 bits per heavy atom. The summed E-state index contributed by atoms with van der Waals surface area (Å²) in [4.78, 5) is 22.2. The van der Waals surface area contributed by atoms with Crippen LogP contribution in [0.5, 0.6) is 17.2 Å². The molecule has 0 fully saturated rings. The number of halogens is 3. The van der Waals surface area contributed by atoms with Crippen LogP contribution in [0.15, 0.2) is 30.3 Å². The van der Waals surface area contributed by atoms with Crippen molar-refractivity contribution >= 4 is 79.7 Å². The molecule has 0 heterocycles. The van der Waals surface area contributed by atoms with Gasteiger partial charge in [-0.25, -0.2) is 4.79 Å². The summed E-state index contributed by atoms with van der Waals surface area (Å²) in [5.74, 6) is -0.559. The fraction of sp³-hybridized carbons (Fsp3) is 0.176. The minimum Gasteiger partial charge on any atom is -0.507 e. The molecular formula is C17H14I3NO6. The molecule has 0 aromatic heterocycles. The molecule has 0 unspecified atom stereocenters. The average Bonchev–Trinajstić information content (AvgIpc) is 2.59. The number of carboxylic acid groups (broad SMARTS) is 1. The van der Waals surface area contributed by atoms with Gasteiger partial charge in [-0.2, -0.15) is 0 Å². The van der Waals surface area contributed by atoms with E-state index in [1.54, 1.807) is 18.2 Å². The Bertz CT molecular complexity index is 851. The molecule has 27 heavy (non-hydrogen) atoms. The van der Waals surface area contributed by atoms with Crippen LogP contribution in [0.25, 0.3) is 0 Å². The molecule has 0 radical (unpaired) electrons. The van der Waals surface area contributed by atoms with Gasteiger partial charge in [0.25, 0.3) is 0 Å². The van der Waals surface area contributed by atoms with Gasteiger partial charge in [0.05, 0.1) is 10.7 Å². The van der Waals surface area contributed by atoms with Gasteiger partial charge < -0.3 is 25.4 Å². The SMILES string of the molecule is N[C@@H](Cc1cc(I)c(Oc2ccc(O)c(I)c2)c(I)c1)C(=O)OCC(=O)O. The standard InChI is InChI=1S/C17H14I3NO6/c18-10-6-9(1-2-14(10)22)27-16-11(19)3-8(4-12(16)20)5-13(21)17(25)26-7-15(23)24/h1-4,6,13,22H,5,7,21H2,(H,23,24)/t13-/m0/s1. The molecule has 0 bridgehead atoms. The largest absolute Gasteiger partial charge is 0.507 e. The number of ether oxygens (including phenoxy) is 2. The summed E-state index contributed by atoms with van der Waals surface area (Å²) >= 11 is 6.27. The van der Waals surface area contributed by atoms with Crippen molar-refractivity contribution in [2.24, 2.45) is 5.73 Å². The maximum Gasteiger partial charge on any atom is 0.341 e.